The zero-order valence-electron chi connectivity index (χ0n) is 10.5. The van der Waals surface area contributed by atoms with Gasteiger partial charge in [0.15, 0.2) is 0 Å². The van der Waals surface area contributed by atoms with Crippen molar-refractivity contribution in [3.63, 3.8) is 0 Å². The molecule has 4 nitrogen and oxygen atoms in total. The quantitative estimate of drug-likeness (QED) is 0.885. The number of likely N-dealkylation sites (N-methyl/N-ethyl adjacent to an activating group) is 1. The van der Waals surface area contributed by atoms with Gasteiger partial charge in [-0.05, 0) is 36.4 Å². The second kappa shape index (κ2) is 5.80. The van der Waals surface area contributed by atoms with E-state index in [9.17, 15) is 0 Å². The van der Waals surface area contributed by atoms with Gasteiger partial charge in [0, 0.05) is 26.1 Å². The summed E-state index contributed by atoms with van der Waals surface area (Å²) in [6.45, 7) is 3.00. The van der Waals surface area contributed by atoms with Crippen LogP contribution in [-0.4, -0.2) is 41.4 Å². The fourth-order valence-electron chi connectivity index (χ4n) is 1.82. The van der Waals surface area contributed by atoms with Crippen molar-refractivity contribution in [1.82, 2.24) is 14.7 Å². The molecular formula is C11H21BrN4. The van der Waals surface area contributed by atoms with Crippen LogP contribution in [-0.2, 0) is 19.9 Å². The average molecular weight is 289 g/mol. The minimum atomic E-state index is 0.145. The Morgan fingerprint density at radius 1 is 1.50 bits per heavy atom. The van der Waals surface area contributed by atoms with E-state index in [1.807, 2.05) is 25.8 Å². The third-order valence-electron chi connectivity index (χ3n) is 2.56. The maximum absolute atomic E-state index is 6.09. The molecule has 0 aliphatic rings. The maximum Gasteiger partial charge on any atom is 0.0766 e. The first-order chi connectivity index (χ1) is 7.45. The molecule has 1 aromatic rings. The molecular weight excluding hydrogens is 268 g/mol. The van der Waals surface area contributed by atoms with Gasteiger partial charge in [-0.1, -0.05) is 6.92 Å². The summed E-state index contributed by atoms with van der Waals surface area (Å²) in [4.78, 5) is 2.11. The van der Waals surface area contributed by atoms with E-state index >= 15 is 0 Å². The zero-order valence-corrected chi connectivity index (χ0v) is 12.1. The molecule has 0 aromatic carbocycles. The van der Waals surface area contributed by atoms with E-state index < -0.39 is 0 Å². The Hall–Kier alpha value is -0.390. The van der Waals surface area contributed by atoms with Crippen molar-refractivity contribution in [2.24, 2.45) is 12.8 Å². The summed E-state index contributed by atoms with van der Waals surface area (Å²) in [5.41, 5.74) is 8.38. The topological polar surface area (TPSA) is 47.1 Å². The third-order valence-corrected chi connectivity index (χ3v) is 3.47. The molecule has 0 saturated heterocycles. The van der Waals surface area contributed by atoms with Crippen LogP contribution in [0.3, 0.4) is 0 Å². The van der Waals surface area contributed by atoms with Crippen molar-refractivity contribution < 1.29 is 0 Å². The lowest BCUT2D eigenvalue weighted by molar-refractivity contribution is 0.368. The second-order valence-corrected chi connectivity index (χ2v) is 5.20. The first-order valence-corrected chi connectivity index (χ1v) is 6.35. The van der Waals surface area contributed by atoms with Gasteiger partial charge in [-0.15, -0.1) is 0 Å². The zero-order chi connectivity index (χ0) is 12.3. The number of hydrogen-bond acceptors (Lipinski definition) is 3. The Morgan fingerprint density at radius 3 is 2.56 bits per heavy atom. The molecule has 1 atom stereocenters. The molecule has 0 saturated carbocycles. The lowest BCUT2D eigenvalue weighted by atomic mass is 10.1. The summed E-state index contributed by atoms with van der Waals surface area (Å²) in [6.07, 6.45) is 1.79. The van der Waals surface area contributed by atoms with E-state index in [0.717, 1.165) is 29.6 Å². The molecule has 0 aliphatic carbocycles. The van der Waals surface area contributed by atoms with Crippen LogP contribution in [0.5, 0.6) is 0 Å². The Morgan fingerprint density at radius 2 is 2.12 bits per heavy atom. The summed E-state index contributed by atoms with van der Waals surface area (Å²) >= 11 is 3.60. The van der Waals surface area contributed by atoms with E-state index in [4.69, 9.17) is 5.73 Å². The summed E-state index contributed by atoms with van der Waals surface area (Å²) in [5, 5.41) is 4.46. The molecule has 0 spiro atoms. The summed E-state index contributed by atoms with van der Waals surface area (Å²) in [7, 11) is 6.05. The summed E-state index contributed by atoms with van der Waals surface area (Å²) in [6, 6.07) is 0.145. The lowest BCUT2D eigenvalue weighted by Gasteiger charge is -2.17. The summed E-state index contributed by atoms with van der Waals surface area (Å²) < 4.78 is 3.05. The van der Waals surface area contributed by atoms with Gasteiger partial charge in [-0.3, -0.25) is 4.68 Å². The minimum absolute atomic E-state index is 0.145. The highest BCUT2D eigenvalue weighted by molar-refractivity contribution is 9.10. The van der Waals surface area contributed by atoms with Crippen LogP contribution in [0, 0.1) is 0 Å². The molecule has 0 radical (unpaired) electrons. The number of aryl methyl sites for hydroxylation is 2. The van der Waals surface area contributed by atoms with Crippen molar-refractivity contribution in [1.29, 1.82) is 0 Å². The van der Waals surface area contributed by atoms with Crippen LogP contribution in [0.15, 0.2) is 4.47 Å². The highest BCUT2D eigenvalue weighted by atomic mass is 79.9. The Bertz CT molecular complexity index is 346. The van der Waals surface area contributed by atoms with Crippen LogP contribution in [0.2, 0.25) is 0 Å². The van der Waals surface area contributed by atoms with Crippen LogP contribution in [0.25, 0.3) is 0 Å². The number of rotatable bonds is 5. The van der Waals surface area contributed by atoms with Crippen molar-refractivity contribution in [3.05, 3.63) is 15.9 Å². The van der Waals surface area contributed by atoms with E-state index in [1.54, 1.807) is 0 Å². The molecule has 2 N–H and O–H groups in total. The van der Waals surface area contributed by atoms with Gasteiger partial charge in [0.05, 0.1) is 15.9 Å². The third kappa shape index (κ3) is 3.30. The van der Waals surface area contributed by atoms with Crippen LogP contribution in [0.1, 0.15) is 18.3 Å². The minimum Gasteiger partial charge on any atom is -0.326 e. The Balaban J connectivity index is 2.76. The second-order valence-electron chi connectivity index (χ2n) is 4.41. The monoisotopic (exact) mass is 288 g/mol. The molecule has 0 fully saturated rings. The molecule has 0 aliphatic heterocycles. The smallest absolute Gasteiger partial charge is 0.0766 e. The van der Waals surface area contributed by atoms with Crippen molar-refractivity contribution in [3.8, 4) is 0 Å². The van der Waals surface area contributed by atoms with E-state index in [2.05, 4.69) is 32.9 Å². The van der Waals surface area contributed by atoms with Crippen LogP contribution in [0.4, 0.5) is 0 Å². The van der Waals surface area contributed by atoms with Gasteiger partial charge in [-0.2, -0.15) is 5.10 Å². The molecule has 1 heterocycles. The maximum atomic E-state index is 6.09. The van der Waals surface area contributed by atoms with Crippen LogP contribution < -0.4 is 5.73 Å². The average Bonchev–Trinajstić information content (AvgIpc) is 2.44. The Labute approximate surface area is 106 Å². The fraction of sp³-hybridized carbons (Fsp3) is 0.727. The fourth-order valence-corrected chi connectivity index (χ4v) is 2.60. The van der Waals surface area contributed by atoms with E-state index in [0.29, 0.717) is 0 Å². The summed E-state index contributed by atoms with van der Waals surface area (Å²) in [5.74, 6) is 0. The number of nitrogens with zero attached hydrogens (tertiary/aromatic N) is 3. The van der Waals surface area contributed by atoms with Crippen molar-refractivity contribution >= 4 is 15.9 Å². The molecule has 0 bridgehead atoms. The molecule has 1 unspecified atom stereocenters. The standard InChI is InChI=1S/C11H21BrN4/c1-5-9-11(12)10(16(4)14-9)6-8(13)7-15(2)3/h8H,5-7,13H2,1-4H3. The molecule has 1 aromatic heterocycles. The molecule has 0 amide bonds. The van der Waals surface area contributed by atoms with Gasteiger partial charge in [-0.25, -0.2) is 0 Å². The largest absolute Gasteiger partial charge is 0.326 e. The highest BCUT2D eigenvalue weighted by Gasteiger charge is 2.15. The van der Waals surface area contributed by atoms with Gasteiger partial charge < -0.3 is 10.6 Å². The van der Waals surface area contributed by atoms with Gasteiger partial charge in [0.1, 0.15) is 0 Å². The van der Waals surface area contributed by atoms with E-state index in [1.165, 1.54) is 5.69 Å². The Kier molecular flexibility index (Phi) is 4.95. The number of nitrogens with two attached hydrogens (primary N) is 1. The van der Waals surface area contributed by atoms with Crippen molar-refractivity contribution in [2.75, 3.05) is 20.6 Å². The SMILES string of the molecule is CCc1nn(C)c(CC(N)CN(C)C)c1Br. The van der Waals surface area contributed by atoms with Crippen molar-refractivity contribution in [2.45, 2.75) is 25.8 Å². The van der Waals surface area contributed by atoms with Gasteiger partial charge >= 0.3 is 0 Å². The first kappa shape index (κ1) is 13.7. The van der Waals surface area contributed by atoms with Crippen LogP contribution >= 0.6 is 15.9 Å². The number of hydrogen-bond donors (Lipinski definition) is 1. The highest BCUT2D eigenvalue weighted by Crippen LogP contribution is 2.22. The number of aromatic nitrogens is 2. The van der Waals surface area contributed by atoms with E-state index in [-0.39, 0.29) is 6.04 Å². The lowest BCUT2D eigenvalue weighted by Crippen LogP contribution is -2.35. The van der Waals surface area contributed by atoms with Gasteiger partial charge in [0.25, 0.3) is 0 Å². The predicted molar refractivity (Wildman–Crippen MR) is 70.5 cm³/mol. The normalized spacial score (nSPS) is 13.4. The molecule has 92 valence electrons. The predicted octanol–water partition coefficient (Wildman–Crippen LogP) is 1.18. The van der Waals surface area contributed by atoms with Gasteiger partial charge in [0.2, 0.25) is 0 Å². The molecule has 16 heavy (non-hydrogen) atoms. The first-order valence-electron chi connectivity index (χ1n) is 5.56. The number of halogens is 1. The molecule has 1 rings (SSSR count). The molecule has 5 heteroatoms.